The van der Waals surface area contributed by atoms with Crippen LogP contribution in [0.15, 0.2) is 216 Å². The lowest BCUT2D eigenvalue weighted by atomic mass is 10.0. The molecule has 0 spiro atoms. The van der Waals surface area contributed by atoms with Crippen molar-refractivity contribution in [2.24, 2.45) is 20.0 Å². The first-order valence-corrected chi connectivity index (χ1v) is 40.9. The summed E-state index contributed by atoms with van der Waals surface area (Å²) in [4.78, 5) is 82.9. The molecule has 8 aliphatic heterocycles. The fourth-order valence-corrected chi connectivity index (χ4v) is 17.4. The fourth-order valence-electron chi connectivity index (χ4n) is 16.3. The second-order valence-corrected chi connectivity index (χ2v) is 31.9. The number of hydrogen-bond donors (Lipinski definition) is 4. The standard InChI is InChI=1S/C24H21N3OS.C23H20N4O2.C22H19N5O2.C21H21N7O/c28-24-26-13-22(27(24)20-8-7-16-9-10-25-21(16)12-20)17-3-1-15(2-4-17)19-11-23(29-14-19)18-5-6-18;28-23-25-13-21(27(23)18-8-7-15-9-10-24-19(15)11-18)16-3-5-17(6-4-16)22-12-20(26-29-22)14-1-2-14;28-22-24-12-19(27(22)17-8-7-13-9-10-23-18(13)11-17)14-1-3-15(4-2-14)20-25-21(29-26-20)16-5-6-16;1-2-11-27-25-20(24-26-27)16-5-3-15(4-6-16)19-13-23-21(29)28(19)17-8-7-14-9-10-22-18(14)12-17/h1-4,7-8,10-12,14,18,22H,5-6,9,13H2,(H,26,28);3-8,10-12,14,21H,1-2,9,13H2,(H,25,28);1-4,7-8,10-11,16,19H,5-6,9,12H2,(H,24,28);3-8,10,12,19H,2,9,11,13H2,1H3,(H,23,29). The fraction of sp³-hybridized carbons (Fsp3) is 0.267. The zero-order valence-electron chi connectivity index (χ0n) is 63.6. The molecule has 578 valence electrons. The van der Waals surface area contributed by atoms with Crippen molar-refractivity contribution in [2.75, 3.05) is 45.8 Å². The molecule has 12 aromatic rings. The Kier molecular flexibility index (Phi) is 18.9. The van der Waals surface area contributed by atoms with Crippen molar-refractivity contribution in [3.8, 4) is 45.2 Å². The number of carbonyl (C=O) groups is 4. The monoisotopic (exact) mass is 1560 g/mol. The third kappa shape index (κ3) is 14.5. The van der Waals surface area contributed by atoms with Crippen LogP contribution in [0.1, 0.15) is 155 Å². The predicted octanol–water partition coefficient (Wildman–Crippen LogP) is 18.0. The van der Waals surface area contributed by atoms with Crippen LogP contribution in [-0.4, -0.2) is 111 Å². The number of aliphatic imine (C=N–C) groups is 4. The number of anilines is 4. The third-order valence-corrected chi connectivity index (χ3v) is 24.2. The zero-order valence-corrected chi connectivity index (χ0v) is 64.4. The minimum absolute atomic E-state index is 0.00974. The molecule has 4 aromatic heterocycles. The first kappa shape index (κ1) is 71.7. The number of urea groups is 4. The van der Waals surface area contributed by atoms with Gasteiger partial charge in [-0.05, 0) is 172 Å². The SMILES string of the molecule is CCCn1nnc(-c2ccc(C3CNC(=O)N3c3ccc4c(c3)N=CC4)cc2)n1.O=C1NCC(c2ccc(-c3cc(C4CC4)no3)cc2)N1c1ccc2c(c1)N=CC2.O=C1NCC(c2ccc(-c3csc(C4CC4)c3)cc2)N1c1ccc2c(c1)N=CC2.O=C1NCC(c2ccc(-c3noc(C4CC4)n3)cc2)N1c1ccc2c(c1)N=CC2. The van der Waals surface area contributed by atoms with Gasteiger partial charge in [0, 0.05) is 139 Å². The van der Waals surface area contributed by atoms with E-state index in [9.17, 15) is 19.2 Å². The summed E-state index contributed by atoms with van der Waals surface area (Å²) >= 11 is 1.88. The molecular formula is C90H81N19O6S. The van der Waals surface area contributed by atoms with E-state index in [0.717, 1.165) is 159 Å². The molecule has 3 saturated carbocycles. The number of rotatable bonds is 17. The summed E-state index contributed by atoms with van der Waals surface area (Å²) in [6, 6.07) is 61.1. The van der Waals surface area contributed by atoms with Gasteiger partial charge >= 0.3 is 24.1 Å². The van der Waals surface area contributed by atoms with Gasteiger partial charge in [0.05, 0.1) is 59.2 Å². The van der Waals surface area contributed by atoms with Crippen molar-refractivity contribution in [2.45, 2.75) is 126 Å². The van der Waals surface area contributed by atoms with Crippen LogP contribution in [0.5, 0.6) is 0 Å². The van der Waals surface area contributed by atoms with E-state index in [1.165, 1.54) is 63.9 Å². The maximum Gasteiger partial charge on any atom is 0.322 e. The van der Waals surface area contributed by atoms with E-state index >= 15 is 0 Å². The average molecular weight is 1560 g/mol. The van der Waals surface area contributed by atoms with Crippen molar-refractivity contribution >= 4 is 106 Å². The Morgan fingerprint density at radius 2 is 0.802 bits per heavy atom. The van der Waals surface area contributed by atoms with Gasteiger partial charge in [-0.2, -0.15) is 9.78 Å². The van der Waals surface area contributed by atoms with Crippen molar-refractivity contribution in [1.29, 1.82) is 0 Å². The highest BCUT2D eigenvalue weighted by atomic mass is 32.1. The first-order chi connectivity index (χ1) is 57.0. The van der Waals surface area contributed by atoms with E-state index < -0.39 is 0 Å². The lowest BCUT2D eigenvalue weighted by molar-refractivity contribution is 0.251. The van der Waals surface area contributed by atoms with Crippen LogP contribution in [-0.2, 0) is 32.2 Å². The number of hydrogen-bond acceptors (Lipinski definition) is 17. The van der Waals surface area contributed by atoms with Crippen LogP contribution in [0.3, 0.4) is 0 Å². The molecule has 4 unspecified atom stereocenters. The van der Waals surface area contributed by atoms with Crippen LogP contribution in [0.2, 0.25) is 0 Å². The second-order valence-electron chi connectivity index (χ2n) is 30.9. The minimum Gasteiger partial charge on any atom is -0.356 e. The Morgan fingerprint density at radius 3 is 1.21 bits per heavy atom. The third-order valence-electron chi connectivity index (χ3n) is 23.1. The number of nitrogens with one attached hydrogen (secondary N) is 4. The maximum atomic E-state index is 12.6. The van der Waals surface area contributed by atoms with Crippen molar-refractivity contribution in [3.63, 3.8) is 0 Å². The van der Waals surface area contributed by atoms with Gasteiger partial charge in [-0.25, -0.2) is 19.2 Å². The molecule has 23 rings (SSSR count). The molecular weight excluding hydrogens is 1480 g/mol. The molecule has 8 amide bonds. The number of tetrazole rings is 1. The Balaban J connectivity index is 0.0000000998. The van der Waals surface area contributed by atoms with E-state index in [2.05, 4.69) is 151 Å². The molecule has 26 heteroatoms. The van der Waals surface area contributed by atoms with Gasteiger partial charge in [0.15, 0.2) is 5.76 Å². The molecule has 116 heavy (non-hydrogen) atoms. The summed E-state index contributed by atoms with van der Waals surface area (Å²) < 4.78 is 10.9. The predicted molar refractivity (Wildman–Crippen MR) is 449 cm³/mol. The van der Waals surface area contributed by atoms with Crippen LogP contribution in [0.25, 0.3) is 45.2 Å². The van der Waals surface area contributed by atoms with E-state index in [4.69, 9.17) is 9.05 Å². The van der Waals surface area contributed by atoms with Crippen LogP contribution >= 0.6 is 11.3 Å². The van der Waals surface area contributed by atoms with E-state index in [-0.39, 0.29) is 48.3 Å². The van der Waals surface area contributed by atoms with Crippen molar-refractivity contribution in [1.82, 2.24) is 56.8 Å². The number of nitrogens with zero attached hydrogens (tertiary/aromatic N) is 15. The van der Waals surface area contributed by atoms with Gasteiger partial charge in [0.1, 0.15) is 0 Å². The lowest BCUT2D eigenvalue weighted by Gasteiger charge is -2.24. The van der Waals surface area contributed by atoms with Gasteiger partial charge < -0.3 is 30.3 Å². The summed E-state index contributed by atoms with van der Waals surface area (Å²) in [7, 11) is 0. The van der Waals surface area contributed by atoms with Gasteiger partial charge in [0.2, 0.25) is 17.5 Å². The van der Waals surface area contributed by atoms with Gasteiger partial charge in [-0.15, -0.1) is 21.5 Å². The molecule has 7 fully saturated rings. The summed E-state index contributed by atoms with van der Waals surface area (Å²) in [5, 5.41) is 35.1. The van der Waals surface area contributed by atoms with E-state index in [1.54, 1.807) is 9.70 Å². The number of aromatic nitrogens is 7. The summed E-state index contributed by atoms with van der Waals surface area (Å²) in [5.74, 6) is 4.58. The summed E-state index contributed by atoms with van der Waals surface area (Å²) in [5.41, 5.74) is 22.9. The Labute approximate surface area is 672 Å². The van der Waals surface area contributed by atoms with Crippen LogP contribution < -0.4 is 40.9 Å². The number of carbonyl (C=O) groups excluding carboxylic acids is 4. The second kappa shape index (κ2) is 30.5. The molecule has 8 aromatic carbocycles. The topological polar surface area (TPSA) is 287 Å². The first-order valence-electron chi connectivity index (χ1n) is 40.0. The molecule has 0 bridgehead atoms. The van der Waals surface area contributed by atoms with Gasteiger partial charge in [0.25, 0.3) is 0 Å². The summed E-state index contributed by atoms with van der Waals surface area (Å²) in [6.07, 6.45) is 19.4. The maximum absolute atomic E-state index is 12.6. The van der Waals surface area contributed by atoms with E-state index in [0.29, 0.717) is 49.7 Å². The Hall–Kier alpha value is -13.4. The van der Waals surface area contributed by atoms with Crippen molar-refractivity contribution < 1.29 is 28.2 Å². The smallest absolute Gasteiger partial charge is 0.322 e. The molecule has 11 aliphatic rings. The largest absolute Gasteiger partial charge is 0.356 e. The molecule has 0 radical (unpaired) electrons. The minimum atomic E-state index is -0.0924. The van der Waals surface area contributed by atoms with E-state index in [1.807, 2.05) is 166 Å². The zero-order chi connectivity index (χ0) is 77.9. The lowest BCUT2D eigenvalue weighted by Crippen LogP contribution is -2.29. The highest BCUT2D eigenvalue weighted by Gasteiger charge is 2.39. The van der Waals surface area contributed by atoms with Gasteiger partial charge in [-0.3, -0.25) is 39.6 Å². The highest BCUT2D eigenvalue weighted by Crippen LogP contribution is 2.47. The molecule has 4 saturated heterocycles. The molecule has 12 heterocycles. The molecule has 3 aliphatic carbocycles. The molecule has 4 N–H and O–H groups in total. The number of fused-ring (bicyclic) bond motifs is 4. The van der Waals surface area contributed by atoms with Crippen LogP contribution in [0.4, 0.5) is 64.7 Å². The molecule has 25 nitrogen and oxygen atoms in total. The van der Waals surface area contributed by atoms with Crippen molar-refractivity contribution in [3.05, 3.63) is 248 Å². The quantitative estimate of drug-likeness (QED) is 0.0662. The average Bonchev–Trinajstić information content (AvgIpc) is 1.63. The number of aryl methyl sites for hydroxylation is 1. The summed E-state index contributed by atoms with van der Waals surface area (Å²) in [6.45, 7) is 5.14. The van der Waals surface area contributed by atoms with Gasteiger partial charge in [-0.1, -0.05) is 139 Å². The normalized spacial score (nSPS) is 19.6. The molecule has 4 atom stereocenters. The number of benzene rings is 8. The highest BCUT2D eigenvalue weighted by molar-refractivity contribution is 7.10. The van der Waals surface area contributed by atoms with Crippen LogP contribution in [0, 0.1) is 0 Å². The Morgan fingerprint density at radius 1 is 0.405 bits per heavy atom. The number of thiophene rings is 1. The Bertz CT molecular complexity index is 5480. The number of amides is 8.